The smallest absolute Gasteiger partial charge is 0.243 e. The number of hydrogen-bond acceptors (Lipinski definition) is 5. The lowest BCUT2D eigenvalue weighted by molar-refractivity contribution is -0.137. The molecule has 7 nitrogen and oxygen atoms in total. The molecule has 1 N–H and O–H groups in total. The van der Waals surface area contributed by atoms with Gasteiger partial charge in [-0.25, -0.2) is 8.42 Å². The lowest BCUT2D eigenvalue weighted by Crippen LogP contribution is -2.54. The first-order chi connectivity index (χ1) is 12.4. The summed E-state index contributed by atoms with van der Waals surface area (Å²) in [5.74, 6) is 0.709. The fraction of sp³-hybridized carbons (Fsp3) is 0.611. The summed E-state index contributed by atoms with van der Waals surface area (Å²) >= 11 is 0. The van der Waals surface area contributed by atoms with E-state index in [1.165, 1.54) is 4.31 Å². The molecule has 0 aliphatic carbocycles. The van der Waals surface area contributed by atoms with E-state index in [0.717, 1.165) is 19.6 Å². The quantitative estimate of drug-likeness (QED) is 0.839. The zero-order valence-corrected chi connectivity index (χ0v) is 16.2. The van der Waals surface area contributed by atoms with Crippen LogP contribution in [0.2, 0.25) is 0 Å². The van der Waals surface area contributed by atoms with E-state index in [-0.39, 0.29) is 16.7 Å². The number of hydrogen-bond donors (Lipinski definition) is 1. The third-order valence-electron chi connectivity index (χ3n) is 5.18. The molecule has 0 bridgehead atoms. The number of nitrogens with one attached hydrogen (secondary N) is 1. The number of piperidine rings is 1. The van der Waals surface area contributed by atoms with Gasteiger partial charge < -0.3 is 15.0 Å². The Morgan fingerprint density at radius 2 is 1.81 bits per heavy atom. The van der Waals surface area contributed by atoms with Crippen LogP contribution in [0.3, 0.4) is 0 Å². The van der Waals surface area contributed by atoms with Crippen LogP contribution in [0.1, 0.15) is 19.8 Å². The van der Waals surface area contributed by atoms with E-state index < -0.39 is 10.0 Å². The van der Waals surface area contributed by atoms with E-state index in [9.17, 15) is 13.2 Å². The van der Waals surface area contributed by atoms with Crippen molar-refractivity contribution in [1.82, 2.24) is 14.5 Å². The van der Waals surface area contributed by atoms with Gasteiger partial charge in [0.05, 0.1) is 12.0 Å². The van der Waals surface area contributed by atoms with Crippen LogP contribution < -0.4 is 10.1 Å². The highest BCUT2D eigenvalue weighted by atomic mass is 32.2. The molecule has 144 valence electrons. The Hall–Kier alpha value is -1.64. The maximum Gasteiger partial charge on any atom is 0.243 e. The SMILES string of the molecule is COc1ccc(S(=O)(=O)N2CCC(C(=O)N3CCNC(C)C3)CC2)cc1. The molecule has 2 saturated heterocycles. The number of amides is 1. The Labute approximate surface area is 155 Å². The predicted molar refractivity (Wildman–Crippen MR) is 98.5 cm³/mol. The zero-order chi connectivity index (χ0) is 18.7. The molecule has 8 heteroatoms. The Kier molecular flexibility index (Phi) is 5.84. The molecule has 0 spiro atoms. The van der Waals surface area contributed by atoms with Crippen molar-refractivity contribution in [1.29, 1.82) is 0 Å². The highest BCUT2D eigenvalue weighted by Crippen LogP contribution is 2.26. The summed E-state index contributed by atoms with van der Waals surface area (Å²) in [5, 5.41) is 3.33. The fourth-order valence-electron chi connectivity index (χ4n) is 3.63. The number of carbonyl (C=O) groups excluding carboxylic acids is 1. The second-order valence-electron chi connectivity index (χ2n) is 6.99. The summed E-state index contributed by atoms with van der Waals surface area (Å²) < 4.78 is 32.1. The van der Waals surface area contributed by atoms with Gasteiger partial charge in [0, 0.05) is 44.7 Å². The molecule has 0 aromatic heterocycles. The molecule has 2 heterocycles. The van der Waals surface area contributed by atoms with Crippen molar-refractivity contribution >= 4 is 15.9 Å². The first kappa shape index (κ1) is 19.1. The van der Waals surface area contributed by atoms with Gasteiger partial charge in [0.1, 0.15) is 5.75 Å². The van der Waals surface area contributed by atoms with Crippen molar-refractivity contribution in [3.05, 3.63) is 24.3 Å². The molecule has 1 atom stereocenters. The molecular weight excluding hydrogens is 354 g/mol. The third kappa shape index (κ3) is 4.02. The van der Waals surface area contributed by atoms with Crippen molar-refractivity contribution in [2.75, 3.05) is 39.8 Å². The molecule has 0 saturated carbocycles. The minimum Gasteiger partial charge on any atom is -0.497 e. The second kappa shape index (κ2) is 7.94. The number of benzene rings is 1. The van der Waals surface area contributed by atoms with Crippen molar-refractivity contribution in [3.63, 3.8) is 0 Å². The average molecular weight is 381 g/mol. The Bertz CT molecular complexity index is 727. The van der Waals surface area contributed by atoms with Gasteiger partial charge in [0.25, 0.3) is 0 Å². The van der Waals surface area contributed by atoms with E-state index in [1.807, 2.05) is 4.90 Å². The summed E-state index contributed by atoms with van der Waals surface area (Å²) in [7, 11) is -1.98. The van der Waals surface area contributed by atoms with Crippen LogP contribution in [-0.4, -0.2) is 69.4 Å². The van der Waals surface area contributed by atoms with E-state index in [0.29, 0.717) is 37.7 Å². The molecule has 1 amide bonds. The minimum absolute atomic E-state index is 0.0809. The number of carbonyl (C=O) groups is 1. The van der Waals surface area contributed by atoms with Crippen LogP contribution >= 0.6 is 0 Å². The molecular formula is C18H27N3O4S. The van der Waals surface area contributed by atoms with Crippen LogP contribution in [0.15, 0.2) is 29.2 Å². The van der Waals surface area contributed by atoms with Crippen molar-refractivity contribution in [2.24, 2.45) is 5.92 Å². The highest BCUT2D eigenvalue weighted by Gasteiger charge is 2.34. The first-order valence-electron chi connectivity index (χ1n) is 9.08. The van der Waals surface area contributed by atoms with E-state index in [4.69, 9.17) is 4.74 Å². The normalized spacial score (nSPS) is 23.0. The monoisotopic (exact) mass is 381 g/mol. The van der Waals surface area contributed by atoms with Crippen LogP contribution in [-0.2, 0) is 14.8 Å². The summed E-state index contributed by atoms with van der Waals surface area (Å²) in [6.45, 7) is 5.11. The Morgan fingerprint density at radius 3 is 2.38 bits per heavy atom. The summed E-state index contributed by atoms with van der Waals surface area (Å²) in [5.41, 5.74) is 0. The van der Waals surface area contributed by atoms with Gasteiger partial charge in [-0.1, -0.05) is 0 Å². The first-order valence-corrected chi connectivity index (χ1v) is 10.5. The zero-order valence-electron chi connectivity index (χ0n) is 15.3. The number of nitrogens with zero attached hydrogens (tertiary/aromatic N) is 2. The van der Waals surface area contributed by atoms with Crippen LogP contribution in [0.4, 0.5) is 0 Å². The molecule has 26 heavy (non-hydrogen) atoms. The number of ether oxygens (including phenoxy) is 1. The molecule has 2 fully saturated rings. The van der Waals surface area contributed by atoms with Gasteiger partial charge in [-0.3, -0.25) is 4.79 Å². The maximum absolute atomic E-state index is 12.8. The molecule has 2 aliphatic heterocycles. The molecule has 3 rings (SSSR count). The summed E-state index contributed by atoms with van der Waals surface area (Å²) in [6.07, 6.45) is 1.15. The molecule has 2 aliphatic rings. The predicted octanol–water partition coefficient (Wildman–Crippen LogP) is 0.916. The van der Waals surface area contributed by atoms with Gasteiger partial charge in [0.15, 0.2) is 0 Å². The van der Waals surface area contributed by atoms with Gasteiger partial charge >= 0.3 is 0 Å². The molecule has 0 radical (unpaired) electrons. The van der Waals surface area contributed by atoms with E-state index >= 15 is 0 Å². The van der Waals surface area contributed by atoms with Crippen molar-refractivity contribution in [2.45, 2.75) is 30.7 Å². The lowest BCUT2D eigenvalue weighted by atomic mass is 9.96. The summed E-state index contributed by atoms with van der Waals surface area (Å²) in [6, 6.07) is 6.73. The standard InChI is InChI=1S/C18H27N3O4S/c1-14-13-20(12-9-19-14)18(22)15-7-10-21(11-8-15)26(23,24)17-5-3-16(25-2)4-6-17/h3-6,14-15,19H,7-13H2,1-2H3. The Morgan fingerprint density at radius 1 is 1.15 bits per heavy atom. The summed E-state index contributed by atoms with van der Waals surface area (Å²) in [4.78, 5) is 14.9. The number of piperazine rings is 1. The molecule has 1 aromatic rings. The van der Waals surface area contributed by atoms with E-state index in [1.54, 1.807) is 31.4 Å². The van der Waals surface area contributed by atoms with Crippen LogP contribution in [0, 0.1) is 5.92 Å². The average Bonchev–Trinajstić information content (AvgIpc) is 2.67. The van der Waals surface area contributed by atoms with Gasteiger partial charge in [-0.2, -0.15) is 4.31 Å². The maximum atomic E-state index is 12.8. The van der Waals surface area contributed by atoms with Gasteiger partial charge in [-0.15, -0.1) is 0 Å². The lowest BCUT2D eigenvalue weighted by Gasteiger charge is -2.37. The van der Waals surface area contributed by atoms with Gasteiger partial charge in [0.2, 0.25) is 15.9 Å². The highest BCUT2D eigenvalue weighted by molar-refractivity contribution is 7.89. The van der Waals surface area contributed by atoms with Gasteiger partial charge in [-0.05, 0) is 44.0 Å². The second-order valence-corrected chi connectivity index (χ2v) is 8.93. The van der Waals surface area contributed by atoms with Crippen molar-refractivity contribution < 1.29 is 17.9 Å². The number of methoxy groups -OCH3 is 1. The minimum atomic E-state index is -3.53. The van der Waals surface area contributed by atoms with E-state index in [2.05, 4.69) is 12.2 Å². The third-order valence-corrected chi connectivity index (χ3v) is 7.09. The van der Waals surface area contributed by atoms with Crippen LogP contribution in [0.25, 0.3) is 0 Å². The van der Waals surface area contributed by atoms with Crippen LogP contribution in [0.5, 0.6) is 5.75 Å². The van der Waals surface area contributed by atoms with Crippen molar-refractivity contribution in [3.8, 4) is 5.75 Å². The largest absolute Gasteiger partial charge is 0.497 e. The Balaban J connectivity index is 1.61. The molecule has 1 unspecified atom stereocenters. The number of sulfonamides is 1. The number of rotatable bonds is 4. The fourth-order valence-corrected chi connectivity index (χ4v) is 5.10. The topological polar surface area (TPSA) is 79.0 Å². The molecule has 1 aromatic carbocycles.